The van der Waals surface area contributed by atoms with Gasteiger partial charge in [-0.15, -0.1) is 0 Å². The fourth-order valence-corrected chi connectivity index (χ4v) is 5.46. The van der Waals surface area contributed by atoms with Crippen molar-refractivity contribution >= 4 is 35.4 Å². The van der Waals surface area contributed by atoms with Crippen LogP contribution in [-0.4, -0.2) is 60.6 Å². The summed E-state index contributed by atoms with van der Waals surface area (Å²) in [5.74, 6) is -2.05. The Morgan fingerprint density at radius 2 is 1.71 bits per heavy atom. The first-order valence-electron chi connectivity index (χ1n) is 14.3. The zero-order valence-electron chi connectivity index (χ0n) is 23.3. The average Bonchev–Trinajstić information content (AvgIpc) is 3.67. The standard InChI is InChI=1S/C30H38N4O7/c1-2-19-14-22-21(8-9-24(22)35)23(15-19)28(39)34-30(11-12-30)29(40)33-16-26(37)31-13-10-25(36)32-17-27(38)41-18-20-6-4-3-5-7-20/h3-7,15,19,21-22H,2,8-14,16-18H2,1H3,(H,31,37)(H,32,36)(H,33,40)(H,34,39)/t19-,21+,22+/m1/s1. The molecule has 0 spiro atoms. The highest BCUT2D eigenvalue weighted by Crippen LogP contribution is 2.44. The molecular weight excluding hydrogens is 528 g/mol. The van der Waals surface area contributed by atoms with Crippen molar-refractivity contribution in [2.75, 3.05) is 19.6 Å². The molecule has 3 aliphatic rings. The number of allylic oxidation sites excluding steroid dienone is 1. The molecule has 2 saturated carbocycles. The summed E-state index contributed by atoms with van der Waals surface area (Å²) in [5.41, 5.74) is 0.395. The molecule has 1 aromatic carbocycles. The number of benzene rings is 1. The second kappa shape index (κ2) is 13.6. The van der Waals surface area contributed by atoms with E-state index in [1.807, 2.05) is 43.3 Å². The molecule has 0 aromatic heterocycles. The topological polar surface area (TPSA) is 160 Å². The van der Waals surface area contributed by atoms with Gasteiger partial charge in [0.1, 0.15) is 24.5 Å². The molecule has 0 aliphatic heterocycles. The van der Waals surface area contributed by atoms with E-state index >= 15 is 0 Å². The van der Waals surface area contributed by atoms with E-state index in [0.717, 1.165) is 18.4 Å². The lowest BCUT2D eigenvalue weighted by atomic mass is 9.74. The van der Waals surface area contributed by atoms with Gasteiger partial charge in [0, 0.05) is 30.9 Å². The van der Waals surface area contributed by atoms with Gasteiger partial charge in [0.05, 0.1) is 6.54 Å². The maximum absolute atomic E-state index is 13.2. The third-order valence-corrected chi connectivity index (χ3v) is 8.05. The maximum atomic E-state index is 13.2. The van der Waals surface area contributed by atoms with Crippen LogP contribution in [0.3, 0.4) is 0 Å². The third kappa shape index (κ3) is 8.02. The van der Waals surface area contributed by atoms with E-state index in [0.29, 0.717) is 31.3 Å². The van der Waals surface area contributed by atoms with Gasteiger partial charge in [0.2, 0.25) is 23.6 Å². The number of hydrogen-bond donors (Lipinski definition) is 4. The molecule has 0 unspecified atom stereocenters. The molecule has 4 rings (SSSR count). The van der Waals surface area contributed by atoms with Crippen LogP contribution in [0.5, 0.6) is 0 Å². The fourth-order valence-electron chi connectivity index (χ4n) is 5.46. The van der Waals surface area contributed by atoms with Crippen molar-refractivity contribution in [3.05, 3.63) is 47.5 Å². The summed E-state index contributed by atoms with van der Waals surface area (Å²) in [6.07, 6.45) is 5.63. The van der Waals surface area contributed by atoms with E-state index in [4.69, 9.17) is 4.74 Å². The zero-order chi connectivity index (χ0) is 29.4. The summed E-state index contributed by atoms with van der Waals surface area (Å²) >= 11 is 0. The normalized spacial score (nSPS) is 22.0. The van der Waals surface area contributed by atoms with Gasteiger partial charge in [-0.1, -0.05) is 43.3 Å². The number of rotatable bonds is 13. The molecule has 3 atom stereocenters. The van der Waals surface area contributed by atoms with E-state index in [1.165, 1.54) is 0 Å². The van der Waals surface area contributed by atoms with Crippen molar-refractivity contribution in [3.63, 3.8) is 0 Å². The van der Waals surface area contributed by atoms with Crippen LogP contribution in [0.1, 0.15) is 57.4 Å². The Hall–Kier alpha value is -4.02. The molecule has 41 heavy (non-hydrogen) atoms. The lowest BCUT2D eigenvalue weighted by molar-refractivity contribution is -0.145. The highest BCUT2D eigenvalue weighted by atomic mass is 16.5. The highest BCUT2D eigenvalue weighted by molar-refractivity contribution is 6.02. The molecule has 0 radical (unpaired) electrons. The number of carbonyl (C=O) groups excluding carboxylic acids is 6. The minimum absolute atomic E-state index is 0.0233. The molecule has 4 N–H and O–H groups in total. The summed E-state index contributed by atoms with van der Waals surface area (Å²) in [6, 6.07) is 9.16. The van der Waals surface area contributed by atoms with Crippen LogP contribution in [0.15, 0.2) is 42.0 Å². The van der Waals surface area contributed by atoms with Gasteiger partial charge in [-0.25, -0.2) is 0 Å². The minimum Gasteiger partial charge on any atom is -0.460 e. The largest absolute Gasteiger partial charge is 0.460 e. The quantitative estimate of drug-likeness (QED) is 0.260. The van der Waals surface area contributed by atoms with Crippen LogP contribution in [0.2, 0.25) is 0 Å². The predicted molar refractivity (Wildman–Crippen MR) is 148 cm³/mol. The number of ketones is 1. The van der Waals surface area contributed by atoms with E-state index in [2.05, 4.69) is 21.3 Å². The first-order chi connectivity index (χ1) is 19.7. The smallest absolute Gasteiger partial charge is 0.325 e. The monoisotopic (exact) mass is 566 g/mol. The van der Waals surface area contributed by atoms with Gasteiger partial charge < -0.3 is 26.0 Å². The molecule has 220 valence electrons. The highest BCUT2D eigenvalue weighted by Gasteiger charge is 2.52. The van der Waals surface area contributed by atoms with Crippen LogP contribution in [0.4, 0.5) is 0 Å². The second-order valence-corrected chi connectivity index (χ2v) is 11.0. The maximum Gasteiger partial charge on any atom is 0.325 e. The van der Waals surface area contributed by atoms with E-state index < -0.39 is 29.2 Å². The van der Waals surface area contributed by atoms with Crippen molar-refractivity contribution in [2.24, 2.45) is 17.8 Å². The van der Waals surface area contributed by atoms with E-state index in [-0.39, 0.29) is 62.1 Å². The summed E-state index contributed by atoms with van der Waals surface area (Å²) < 4.78 is 5.09. The van der Waals surface area contributed by atoms with Gasteiger partial charge in [0.25, 0.3) is 0 Å². The lowest BCUT2D eigenvalue weighted by Crippen LogP contribution is -2.52. The Kier molecular flexibility index (Phi) is 9.91. The van der Waals surface area contributed by atoms with Crippen LogP contribution in [0.25, 0.3) is 0 Å². The molecule has 0 saturated heterocycles. The molecule has 3 aliphatic carbocycles. The summed E-state index contributed by atoms with van der Waals surface area (Å²) in [7, 11) is 0. The Labute approximate surface area is 239 Å². The van der Waals surface area contributed by atoms with Gasteiger partial charge >= 0.3 is 5.97 Å². The number of carbonyl (C=O) groups is 6. The molecule has 11 heteroatoms. The lowest BCUT2D eigenvalue weighted by Gasteiger charge is -2.30. The fraction of sp³-hybridized carbons (Fsp3) is 0.533. The molecule has 0 bridgehead atoms. The first-order valence-corrected chi connectivity index (χ1v) is 14.3. The number of Topliss-reactive ketones (excluding diaryl/α,β-unsaturated/α-hetero) is 1. The molecular formula is C30H38N4O7. The number of ether oxygens (including phenoxy) is 1. The Morgan fingerprint density at radius 1 is 0.951 bits per heavy atom. The number of hydrogen-bond acceptors (Lipinski definition) is 7. The predicted octanol–water partition coefficient (Wildman–Crippen LogP) is 1.07. The van der Waals surface area contributed by atoms with Gasteiger partial charge in [-0.2, -0.15) is 0 Å². The summed E-state index contributed by atoms with van der Waals surface area (Å²) in [6.45, 7) is 1.59. The van der Waals surface area contributed by atoms with Crippen molar-refractivity contribution in [1.82, 2.24) is 21.3 Å². The minimum atomic E-state index is -1.05. The number of esters is 1. The number of amides is 4. The Bertz CT molecular complexity index is 1210. The van der Waals surface area contributed by atoms with E-state index in [9.17, 15) is 28.8 Å². The van der Waals surface area contributed by atoms with Crippen LogP contribution in [-0.2, 0) is 40.1 Å². The van der Waals surface area contributed by atoms with Crippen LogP contribution in [0, 0.1) is 17.8 Å². The molecule has 2 fully saturated rings. The molecule has 1 aromatic rings. The Balaban J connectivity index is 1.13. The van der Waals surface area contributed by atoms with Crippen LogP contribution >= 0.6 is 0 Å². The SMILES string of the molecule is CC[C@H]1C=C(C(=O)NC2(C(=O)NCC(=O)NCCC(=O)NCC(=O)OCc3ccccc3)CC2)[C@H]2CCC(=O)[C@H]2C1. The van der Waals surface area contributed by atoms with Gasteiger partial charge in [0.15, 0.2) is 0 Å². The van der Waals surface area contributed by atoms with Gasteiger partial charge in [-0.05, 0) is 49.5 Å². The number of nitrogens with one attached hydrogen (secondary N) is 4. The molecule has 11 nitrogen and oxygen atoms in total. The van der Waals surface area contributed by atoms with Crippen molar-refractivity contribution in [3.8, 4) is 0 Å². The second-order valence-electron chi connectivity index (χ2n) is 11.0. The number of fused-ring (bicyclic) bond motifs is 1. The first kappa shape index (κ1) is 30.0. The summed E-state index contributed by atoms with van der Waals surface area (Å²) in [5, 5.41) is 10.4. The van der Waals surface area contributed by atoms with Crippen LogP contribution < -0.4 is 21.3 Å². The Morgan fingerprint density at radius 3 is 2.41 bits per heavy atom. The van der Waals surface area contributed by atoms with Gasteiger partial charge in [-0.3, -0.25) is 28.8 Å². The van der Waals surface area contributed by atoms with Crippen molar-refractivity contribution < 1.29 is 33.5 Å². The van der Waals surface area contributed by atoms with E-state index in [1.54, 1.807) is 0 Å². The summed E-state index contributed by atoms with van der Waals surface area (Å²) in [4.78, 5) is 74.3. The molecule has 0 heterocycles. The molecule has 4 amide bonds. The third-order valence-electron chi connectivity index (χ3n) is 8.05. The zero-order valence-corrected chi connectivity index (χ0v) is 23.3. The van der Waals surface area contributed by atoms with Crippen molar-refractivity contribution in [1.29, 1.82) is 0 Å². The average molecular weight is 567 g/mol. The van der Waals surface area contributed by atoms with Crippen molar-refractivity contribution in [2.45, 2.75) is 64.0 Å².